The Kier molecular flexibility index (Phi) is 5.60. The third-order valence-corrected chi connectivity index (χ3v) is 5.72. The lowest BCUT2D eigenvalue weighted by Gasteiger charge is -2.31. The van der Waals surface area contributed by atoms with Crippen molar-refractivity contribution in [3.63, 3.8) is 0 Å². The van der Waals surface area contributed by atoms with Crippen LogP contribution < -0.4 is 10.5 Å². The van der Waals surface area contributed by atoms with Crippen LogP contribution in [0.5, 0.6) is 5.75 Å². The van der Waals surface area contributed by atoms with Gasteiger partial charge in [-0.3, -0.25) is 4.79 Å². The smallest absolute Gasteiger partial charge is 0.205 e. The summed E-state index contributed by atoms with van der Waals surface area (Å²) >= 11 is 3.45. The molecule has 0 radical (unpaired) electrons. The number of carbonyl (C=O) groups is 1. The number of hydrogen-bond acceptors (Lipinski definition) is 5. The fourth-order valence-corrected chi connectivity index (χ4v) is 4.19. The lowest BCUT2D eigenvalue weighted by molar-refractivity contribution is -0.116. The standard InChI is InChI=1S/C23H18BrFN2O3/c24-14-8-9-19(29-12-13-4-1-2-5-17(13)25)15(10-14)21-16(11-26)23(27)30-20-7-3-6-18(28)22(20)21/h1-2,4-5,8-10,21H,3,6-7,12,27H2/t21-/m1/s1. The predicted molar refractivity (Wildman–Crippen MR) is 111 cm³/mol. The number of nitrogens with two attached hydrogens (primary N) is 1. The number of Topliss-reactive ketones (excluding diaryl/α,β-unsaturated/α-hetero) is 1. The molecular formula is C23H18BrFN2O3. The zero-order chi connectivity index (χ0) is 21.3. The summed E-state index contributed by atoms with van der Waals surface area (Å²) in [5, 5.41) is 9.77. The fourth-order valence-electron chi connectivity index (χ4n) is 3.81. The first-order chi connectivity index (χ1) is 14.5. The van der Waals surface area contributed by atoms with E-state index in [1.54, 1.807) is 36.4 Å². The summed E-state index contributed by atoms with van der Waals surface area (Å²) in [5.74, 6) is -0.180. The Hall–Kier alpha value is -3.11. The Bertz CT molecular complexity index is 1130. The first-order valence-corrected chi connectivity index (χ1v) is 10.3. The molecule has 2 aromatic rings. The largest absolute Gasteiger partial charge is 0.488 e. The lowest BCUT2D eigenvalue weighted by Crippen LogP contribution is -2.27. The number of allylic oxidation sites excluding steroid dienone is 3. The summed E-state index contributed by atoms with van der Waals surface area (Å²) in [4.78, 5) is 12.8. The van der Waals surface area contributed by atoms with Gasteiger partial charge in [-0.15, -0.1) is 0 Å². The first kappa shape index (κ1) is 20.2. The van der Waals surface area contributed by atoms with Gasteiger partial charge >= 0.3 is 0 Å². The molecule has 1 heterocycles. The van der Waals surface area contributed by atoms with Crippen LogP contribution in [-0.2, 0) is 16.1 Å². The van der Waals surface area contributed by atoms with Gasteiger partial charge in [-0.05, 0) is 30.7 Å². The number of ether oxygens (including phenoxy) is 2. The maximum Gasteiger partial charge on any atom is 0.205 e. The van der Waals surface area contributed by atoms with Crippen molar-refractivity contribution in [1.29, 1.82) is 5.26 Å². The van der Waals surface area contributed by atoms with Crippen molar-refractivity contribution in [2.45, 2.75) is 31.8 Å². The molecule has 0 saturated carbocycles. The molecule has 2 aliphatic rings. The predicted octanol–water partition coefficient (Wildman–Crippen LogP) is 4.98. The second-order valence-corrected chi connectivity index (χ2v) is 8.02. The number of rotatable bonds is 4. The van der Waals surface area contributed by atoms with Crippen LogP contribution in [0, 0.1) is 17.1 Å². The van der Waals surface area contributed by atoms with E-state index in [4.69, 9.17) is 15.2 Å². The van der Waals surface area contributed by atoms with Crippen molar-refractivity contribution in [2.24, 2.45) is 5.73 Å². The second-order valence-electron chi connectivity index (χ2n) is 7.10. The van der Waals surface area contributed by atoms with Gasteiger partial charge in [-0.1, -0.05) is 34.1 Å². The highest BCUT2D eigenvalue weighted by molar-refractivity contribution is 9.10. The van der Waals surface area contributed by atoms with Gasteiger partial charge in [-0.25, -0.2) is 4.39 Å². The van der Waals surface area contributed by atoms with E-state index in [1.807, 2.05) is 0 Å². The molecule has 5 nitrogen and oxygen atoms in total. The molecule has 0 saturated heterocycles. The van der Waals surface area contributed by atoms with Crippen molar-refractivity contribution < 1.29 is 18.7 Å². The molecule has 1 atom stereocenters. The quantitative estimate of drug-likeness (QED) is 0.683. The van der Waals surface area contributed by atoms with Gasteiger partial charge in [0.25, 0.3) is 0 Å². The zero-order valence-corrected chi connectivity index (χ0v) is 17.5. The van der Waals surface area contributed by atoms with Crippen LogP contribution >= 0.6 is 15.9 Å². The van der Waals surface area contributed by atoms with Crippen molar-refractivity contribution in [1.82, 2.24) is 0 Å². The first-order valence-electron chi connectivity index (χ1n) is 9.49. The van der Waals surface area contributed by atoms with Gasteiger partial charge in [0.05, 0.1) is 5.92 Å². The maximum absolute atomic E-state index is 14.0. The molecule has 0 fully saturated rings. The molecule has 1 aliphatic heterocycles. The number of nitrogens with zero attached hydrogens (tertiary/aromatic N) is 1. The minimum atomic E-state index is -0.695. The number of benzene rings is 2. The molecule has 152 valence electrons. The summed E-state index contributed by atoms with van der Waals surface area (Å²) < 4.78 is 26.4. The highest BCUT2D eigenvalue weighted by Crippen LogP contribution is 2.46. The molecule has 1 aliphatic carbocycles. The molecule has 0 amide bonds. The SMILES string of the molecule is N#CC1=C(N)OC2=C(C(=O)CCC2)[C@@H]1c1cc(Br)ccc1OCc1ccccc1F. The second kappa shape index (κ2) is 8.33. The van der Waals surface area contributed by atoms with Crippen LogP contribution in [0.15, 0.2) is 69.7 Å². The highest BCUT2D eigenvalue weighted by atomic mass is 79.9. The van der Waals surface area contributed by atoms with E-state index in [0.717, 1.165) is 4.47 Å². The highest BCUT2D eigenvalue weighted by Gasteiger charge is 2.39. The van der Waals surface area contributed by atoms with Gasteiger partial charge in [0.2, 0.25) is 5.88 Å². The van der Waals surface area contributed by atoms with Gasteiger partial charge in [0.15, 0.2) is 5.78 Å². The van der Waals surface area contributed by atoms with Crippen LogP contribution in [0.1, 0.15) is 36.3 Å². The molecule has 0 aromatic heterocycles. The average molecular weight is 469 g/mol. The summed E-state index contributed by atoms with van der Waals surface area (Å²) in [5.41, 5.74) is 7.65. The third-order valence-electron chi connectivity index (χ3n) is 5.23. The van der Waals surface area contributed by atoms with E-state index >= 15 is 0 Å². The Labute approximate surface area is 181 Å². The molecule has 7 heteroatoms. The number of carbonyl (C=O) groups excluding carboxylic acids is 1. The Morgan fingerprint density at radius 3 is 2.83 bits per heavy atom. The van der Waals surface area contributed by atoms with E-state index in [2.05, 4.69) is 22.0 Å². The van der Waals surface area contributed by atoms with Crippen molar-refractivity contribution in [2.75, 3.05) is 0 Å². The van der Waals surface area contributed by atoms with E-state index < -0.39 is 5.92 Å². The Morgan fingerprint density at radius 1 is 1.27 bits per heavy atom. The van der Waals surface area contributed by atoms with Crippen LogP contribution in [0.3, 0.4) is 0 Å². The molecule has 2 aromatic carbocycles. The monoisotopic (exact) mass is 468 g/mol. The minimum absolute atomic E-state index is 0.00372. The normalized spacial score (nSPS) is 18.6. The third kappa shape index (κ3) is 3.71. The van der Waals surface area contributed by atoms with Gasteiger partial charge in [0, 0.05) is 34.0 Å². The van der Waals surface area contributed by atoms with Gasteiger partial charge in [0.1, 0.15) is 35.6 Å². The molecule has 4 rings (SSSR count). The van der Waals surface area contributed by atoms with Crippen LogP contribution in [-0.4, -0.2) is 5.78 Å². The topological polar surface area (TPSA) is 85.3 Å². The molecular weight excluding hydrogens is 451 g/mol. The summed E-state index contributed by atoms with van der Waals surface area (Å²) in [6.45, 7) is 0.00542. The van der Waals surface area contributed by atoms with Crippen LogP contribution in [0.4, 0.5) is 4.39 Å². The van der Waals surface area contributed by atoms with Crippen LogP contribution in [0.25, 0.3) is 0 Å². The van der Waals surface area contributed by atoms with Gasteiger partial charge in [-0.2, -0.15) is 5.26 Å². The fraction of sp³-hybridized carbons (Fsp3) is 0.217. The summed E-state index contributed by atoms with van der Waals surface area (Å²) in [6, 6.07) is 13.8. The molecule has 30 heavy (non-hydrogen) atoms. The van der Waals surface area contributed by atoms with Crippen molar-refractivity contribution >= 4 is 21.7 Å². The van der Waals surface area contributed by atoms with E-state index in [-0.39, 0.29) is 29.7 Å². The minimum Gasteiger partial charge on any atom is -0.488 e. The average Bonchev–Trinajstić information content (AvgIpc) is 2.73. The Balaban J connectivity index is 1.79. The molecule has 0 bridgehead atoms. The van der Waals surface area contributed by atoms with Crippen molar-refractivity contribution in [3.05, 3.63) is 86.7 Å². The van der Waals surface area contributed by atoms with Gasteiger partial charge < -0.3 is 15.2 Å². The number of halogens is 2. The maximum atomic E-state index is 14.0. The summed E-state index contributed by atoms with van der Waals surface area (Å²) in [7, 11) is 0. The Morgan fingerprint density at radius 2 is 2.07 bits per heavy atom. The van der Waals surface area contributed by atoms with Crippen LogP contribution in [0.2, 0.25) is 0 Å². The van der Waals surface area contributed by atoms with E-state index in [0.29, 0.717) is 47.5 Å². The number of ketones is 1. The number of nitriles is 1. The molecule has 0 unspecified atom stereocenters. The lowest BCUT2D eigenvalue weighted by atomic mass is 9.77. The number of hydrogen-bond donors (Lipinski definition) is 1. The molecule has 2 N–H and O–H groups in total. The molecule has 0 spiro atoms. The van der Waals surface area contributed by atoms with E-state index in [1.165, 1.54) is 6.07 Å². The van der Waals surface area contributed by atoms with E-state index in [9.17, 15) is 14.4 Å². The van der Waals surface area contributed by atoms with Crippen molar-refractivity contribution in [3.8, 4) is 11.8 Å². The summed E-state index contributed by atoms with van der Waals surface area (Å²) in [6.07, 6.45) is 1.64. The zero-order valence-electron chi connectivity index (χ0n) is 16.0.